The maximum atomic E-state index is 16.0. The fraction of sp³-hybridized carbons (Fsp3) is 0.509. The normalized spacial score (nSPS) is 19.1. The topological polar surface area (TPSA) is 158 Å². The third kappa shape index (κ3) is 13.4. The van der Waals surface area contributed by atoms with Crippen molar-refractivity contribution in [2.24, 2.45) is 5.41 Å². The summed E-state index contributed by atoms with van der Waals surface area (Å²) in [5.74, 6) is -7.02. The summed E-state index contributed by atoms with van der Waals surface area (Å²) in [6.45, 7) is 10.3. The van der Waals surface area contributed by atoms with Gasteiger partial charge in [-0.15, -0.1) is 11.3 Å². The molecule has 2 aromatic heterocycles. The van der Waals surface area contributed by atoms with Crippen LogP contribution >= 0.6 is 11.3 Å². The first-order chi connectivity index (χ1) is 34.0. The molecule has 1 unspecified atom stereocenters. The van der Waals surface area contributed by atoms with E-state index in [0.717, 1.165) is 50.3 Å². The molecule has 1 fully saturated rings. The van der Waals surface area contributed by atoms with E-state index in [-0.39, 0.29) is 63.2 Å². The number of para-hydroxylation sites is 1. The van der Waals surface area contributed by atoms with Crippen LogP contribution in [-0.2, 0) is 36.8 Å². The molecule has 0 radical (unpaired) electrons. The summed E-state index contributed by atoms with van der Waals surface area (Å²) in [6, 6.07) is 13.9. The highest BCUT2D eigenvalue weighted by atomic mass is 32.1. The van der Waals surface area contributed by atoms with Gasteiger partial charge in [-0.1, -0.05) is 63.2 Å². The quantitative estimate of drug-likeness (QED) is 0.0418. The third-order valence-corrected chi connectivity index (χ3v) is 14.0. The highest BCUT2D eigenvalue weighted by molar-refractivity contribution is 7.13. The Balaban J connectivity index is 0.836. The summed E-state index contributed by atoms with van der Waals surface area (Å²) in [7, 11) is 0. The van der Waals surface area contributed by atoms with Crippen molar-refractivity contribution in [1.29, 1.82) is 0 Å². The van der Waals surface area contributed by atoms with Crippen LogP contribution in [0.5, 0.6) is 5.75 Å². The Morgan fingerprint density at radius 1 is 0.944 bits per heavy atom. The molecule has 7 rings (SSSR count). The zero-order chi connectivity index (χ0) is 52.1. The lowest BCUT2D eigenvalue weighted by Crippen LogP contribution is -2.58. The SMILES string of the molecule is Cc1ncsc1-c1ccc(CNC(=O)[C@@H]2C[C@@H](O)CN2C(=O)[C@@H](NC(=O)COCCOCCC(F)(F)CCOc2cc(F)c(C3c4[nH]c5ccccc5c4C[C@@H](C)N3CC(C)(C)F)c(F)c2)C(C)(C)C)cc1. The van der Waals surface area contributed by atoms with Gasteiger partial charge in [0.2, 0.25) is 17.7 Å². The maximum Gasteiger partial charge on any atom is 0.253 e. The van der Waals surface area contributed by atoms with Crippen molar-refractivity contribution < 1.29 is 55.7 Å². The first-order valence-electron chi connectivity index (χ1n) is 24.2. The van der Waals surface area contributed by atoms with Gasteiger partial charge in [-0.05, 0) is 62.3 Å². The molecule has 4 heterocycles. The minimum absolute atomic E-state index is 0.0310. The Kier molecular flexibility index (Phi) is 17.2. The number of hydrogen-bond acceptors (Lipinski definition) is 10. The predicted octanol–water partition coefficient (Wildman–Crippen LogP) is 8.60. The maximum absolute atomic E-state index is 16.0. The lowest BCUT2D eigenvalue weighted by Gasteiger charge is -2.43. The van der Waals surface area contributed by atoms with E-state index in [1.807, 2.05) is 62.4 Å². The first kappa shape index (κ1) is 54.3. The average molecular weight is 1030 g/mol. The number of fused-ring (bicyclic) bond motifs is 3. The van der Waals surface area contributed by atoms with Crippen molar-refractivity contribution >= 4 is 40.0 Å². The second-order valence-corrected chi connectivity index (χ2v) is 21.4. The monoisotopic (exact) mass is 1020 g/mol. The van der Waals surface area contributed by atoms with E-state index in [9.17, 15) is 28.3 Å². The molecular formula is C53H65F5N6O7S. The number of carbonyl (C=O) groups excluding carboxylic acids is 3. The average Bonchev–Trinajstić information content (AvgIpc) is 4.03. The summed E-state index contributed by atoms with van der Waals surface area (Å²) in [4.78, 5) is 52.1. The van der Waals surface area contributed by atoms with Gasteiger partial charge >= 0.3 is 0 Å². The van der Waals surface area contributed by atoms with Crippen LogP contribution < -0.4 is 15.4 Å². The van der Waals surface area contributed by atoms with E-state index in [2.05, 4.69) is 20.6 Å². The second-order valence-electron chi connectivity index (χ2n) is 20.5. The van der Waals surface area contributed by atoms with Gasteiger partial charge in [0.25, 0.3) is 5.92 Å². The molecular weight excluding hydrogens is 960 g/mol. The summed E-state index contributed by atoms with van der Waals surface area (Å²) >= 11 is 1.54. The van der Waals surface area contributed by atoms with E-state index in [4.69, 9.17) is 14.2 Å². The molecule has 1 saturated heterocycles. The van der Waals surface area contributed by atoms with Crippen molar-refractivity contribution in [1.82, 2.24) is 30.4 Å². The predicted molar refractivity (Wildman–Crippen MR) is 265 cm³/mol. The number of alkyl halides is 3. The Labute approximate surface area is 420 Å². The molecule has 5 aromatic rings. The van der Waals surface area contributed by atoms with Gasteiger partial charge in [0.05, 0.1) is 54.7 Å². The van der Waals surface area contributed by atoms with Gasteiger partial charge in [0.15, 0.2) is 0 Å². The molecule has 0 spiro atoms. The zero-order valence-corrected chi connectivity index (χ0v) is 42.6. The Morgan fingerprint density at radius 2 is 1.62 bits per heavy atom. The summed E-state index contributed by atoms with van der Waals surface area (Å²) < 4.78 is 93.2. The number of aliphatic hydroxyl groups is 1. The number of thiazole rings is 1. The highest BCUT2D eigenvalue weighted by Gasteiger charge is 2.45. The van der Waals surface area contributed by atoms with Crippen molar-refractivity contribution in [2.45, 2.75) is 123 Å². The van der Waals surface area contributed by atoms with Crippen LogP contribution in [0.1, 0.15) is 94.9 Å². The molecule has 72 heavy (non-hydrogen) atoms. The van der Waals surface area contributed by atoms with Crippen LogP contribution in [-0.4, -0.2) is 125 Å². The third-order valence-electron chi connectivity index (χ3n) is 13.1. The fourth-order valence-electron chi connectivity index (χ4n) is 9.44. The first-order valence-corrected chi connectivity index (χ1v) is 25.1. The van der Waals surface area contributed by atoms with Crippen LogP contribution in [0.3, 0.4) is 0 Å². The van der Waals surface area contributed by atoms with Crippen LogP contribution in [0.25, 0.3) is 21.3 Å². The van der Waals surface area contributed by atoms with Gasteiger partial charge in [-0.25, -0.2) is 26.9 Å². The number of hydrogen-bond donors (Lipinski definition) is 4. The van der Waals surface area contributed by atoms with E-state index in [0.29, 0.717) is 12.1 Å². The lowest BCUT2D eigenvalue weighted by atomic mass is 9.85. The lowest BCUT2D eigenvalue weighted by molar-refractivity contribution is -0.144. The number of aromatic amines is 1. The fourth-order valence-corrected chi connectivity index (χ4v) is 10.2. The number of nitrogens with one attached hydrogen (secondary N) is 3. The number of aromatic nitrogens is 2. The van der Waals surface area contributed by atoms with Crippen molar-refractivity contribution in [2.75, 3.05) is 46.1 Å². The molecule has 3 amide bonds. The number of amides is 3. The molecule has 0 bridgehead atoms. The number of nitrogens with zero attached hydrogens (tertiary/aromatic N) is 3. The Bertz CT molecular complexity index is 2660. The van der Waals surface area contributed by atoms with Gasteiger partial charge < -0.3 is 39.8 Å². The molecule has 0 saturated carbocycles. The standard InChI is InChI=1S/C53H65F5N6O7S/c1-31-22-38-37-10-8-9-11-41(37)61-45(38)46(64(31)29-52(6,7)56)44-39(54)24-36(25-40(44)55)71-19-17-53(57,58)16-18-69-20-21-70-28-43(66)62-48(51(3,4)5)50(68)63-27-35(65)23-42(63)49(67)59-26-33-12-14-34(15-13-33)47-32(2)60-30-72-47/h8-15,24-25,30-31,35,42,46,48,61,65H,16-23,26-29H2,1-7H3,(H,59,67)(H,62,66)/t31-,35-,42+,46?,48-/m1/s1. The second kappa shape index (κ2) is 22.7. The zero-order valence-electron chi connectivity index (χ0n) is 41.8. The number of likely N-dealkylation sites (tertiary alicyclic amines) is 1. The number of H-pyrrole nitrogens is 1. The molecule has 3 aromatic carbocycles. The smallest absolute Gasteiger partial charge is 0.253 e. The number of aliphatic hydroxyl groups excluding tert-OH is 1. The number of carbonyl (C=O) groups is 3. The van der Waals surface area contributed by atoms with Crippen LogP contribution in [0.15, 0.2) is 66.2 Å². The van der Waals surface area contributed by atoms with Crippen molar-refractivity contribution in [3.8, 4) is 16.2 Å². The minimum Gasteiger partial charge on any atom is -0.493 e. The van der Waals surface area contributed by atoms with Crippen LogP contribution in [0.4, 0.5) is 22.0 Å². The molecule has 0 aliphatic carbocycles. The van der Waals surface area contributed by atoms with Crippen molar-refractivity contribution in [3.05, 3.63) is 106 Å². The van der Waals surface area contributed by atoms with Gasteiger partial charge in [-0.2, -0.15) is 0 Å². The van der Waals surface area contributed by atoms with Gasteiger partial charge in [0.1, 0.15) is 41.7 Å². The van der Waals surface area contributed by atoms with E-state index in [1.54, 1.807) is 42.5 Å². The number of rotatable bonds is 21. The minimum atomic E-state index is -3.25. The number of ether oxygens (including phenoxy) is 3. The van der Waals surface area contributed by atoms with E-state index < -0.39 is 96.6 Å². The van der Waals surface area contributed by atoms with Crippen LogP contribution in [0.2, 0.25) is 0 Å². The molecule has 2 aliphatic rings. The largest absolute Gasteiger partial charge is 0.493 e. The van der Waals surface area contributed by atoms with Gasteiger partial charge in [0, 0.05) is 79.2 Å². The molecule has 4 N–H and O–H groups in total. The van der Waals surface area contributed by atoms with E-state index in [1.165, 1.54) is 18.7 Å². The molecule has 390 valence electrons. The molecule has 5 atom stereocenters. The van der Waals surface area contributed by atoms with Crippen molar-refractivity contribution in [3.63, 3.8) is 0 Å². The highest BCUT2D eigenvalue weighted by Crippen LogP contribution is 2.44. The number of benzene rings is 3. The number of aryl methyl sites for hydroxylation is 1. The molecule has 13 nitrogen and oxygen atoms in total. The number of halogens is 5. The summed E-state index contributed by atoms with van der Waals surface area (Å²) in [5, 5.41) is 17.0. The molecule has 19 heteroatoms. The Morgan fingerprint density at radius 3 is 2.29 bits per heavy atom. The molecule has 2 aliphatic heterocycles. The summed E-state index contributed by atoms with van der Waals surface area (Å²) in [6.07, 6.45) is -1.83. The van der Waals surface area contributed by atoms with Crippen LogP contribution in [0, 0.1) is 24.0 Å². The Hall–Kier alpha value is -5.47. The van der Waals surface area contributed by atoms with E-state index >= 15 is 13.2 Å². The van der Waals surface area contributed by atoms with Gasteiger partial charge in [-0.3, -0.25) is 19.3 Å². The number of β-amino-alcohol motifs (C(OH)–C–C–N with tert-alkyl or cyclic N) is 1. The summed E-state index contributed by atoms with van der Waals surface area (Å²) in [5.41, 5.74) is 4.06.